The molecule has 1 aliphatic heterocycles. The third-order valence-corrected chi connectivity index (χ3v) is 3.43. The molecule has 1 rings (SSSR count). The van der Waals surface area contributed by atoms with Crippen LogP contribution in [0, 0.1) is 5.92 Å². The van der Waals surface area contributed by atoms with Crippen molar-refractivity contribution in [1.29, 1.82) is 0 Å². The molecule has 0 aromatic heterocycles. The number of thioether (sulfide) groups is 1. The van der Waals surface area contributed by atoms with Gasteiger partial charge >= 0.3 is 5.97 Å². The fourth-order valence-electron chi connectivity index (χ4n) is 0.996. The van der Waals surface area contributed by atoms with Crippen LogP contribution in [0.25, 0.3) is 0 Å². The van der Waals surface area contributed by atoms with Crippen molar-refractivity contribution in [1.82, 2.24) is 0 Å². The van der Waals surface area contributed by atoms with Gasteiger partial charge in [-0.05, 0) is 6.42 Å². The minimum atomic E-state index is -0.707. The first kappa shape index (κ1) is 9.86. The maximum absolute atomic E-state index is 10.5. The summed E-state index contributed by atoms with van der Waals surface area (Å²) in [6.07, 6.45) is 1.07. The largest absolute Gasteiger partial charge is 0.481 e. The summed E-state index contributed by atoms with van der Waals surface area (Å²) in [5.41, 5.74) is 0. The zero-order valence-corrected chi connectivity index (χ0v) is 7.97. The summed E-state index contributed by atoms with van der Waals surface area (Å²) in [7, 11) is 0. The topological polar surface area (TPSA) is 46.5 Å². The van der Waals surface area contributed by atoms with E-state index in [0.717, 1.165) is 19.6 Å². The van der Waals surface area contributed by atoms with Gasteiger partial charge in [-0.3, -0.25) is 4.79 Å². The van der Waals surface area contributed by atoms with Crippen LogP contribution >= 0.6 is 11.8 Å². The van der Waals surface area contributed by atoms with E-state index in [-0.39, 0.29) is 5.92 Å². The standard InChI is InChI=1S/C8H14O3S/c1-6(8(9)10)5-12-7-2-3-11-4-7/h6-7H,2-5H2,1H3,(H,9,10). The summed E-state index contributed by atoms with van der Waals surface area (Å²) in [4.78, 5) is 10.5. The highest BCUT2D eigenvalue weighted by molar-refractivity contribution is 7.99. The number of hydrogen-bond donors (Lipinski definition) is 1. The number of carboxylic acids is 1. The molecule has 0 saturated carbocycles. The predicted molar refractivity (Wildman–Crippen MR) is 48.5 cm³/mol. The van der Waals surface area contributed by atoms with Crippen LogP contribution in [0.3, 0.4) is 0 Å². The molecule has 0 bridgehead atoms. The van der Waals surface area contributed by atoms with Crippen molar-refractivity contribution in [3.63, 3.8) is 0 Å². The van der Waals surface area contributed by atoms with Gasteiger partial charge in [-0.15, -0.1) is 0 Å². The predicted octanol–water partition coefficient (Wildman–Crippen LogP) is 1.23. The summed E-state index contributed by atoms with van der Waals surface area (Å²) in [5.74, 6) is -0.249. The first-order chi connectivity index (χ1) is 5.70. The van der Waals surface area contributed by atoms with Gasteiger partial charge in [0.2, 0.25) is 0 Å². The molecule has 0 radical (unpaired) electrons. The highest BCUT2D eigenvalue weighted by Crippen LogP contribution is 2.22. The van der Waals surface area contributed by atoms with Crippen LogP contribution in [-0.4, -0.2) is 35.3 Å². The van der Waals surface area contributed by atoms with Crippen LogP contribution in [0.2, 0.25) is 0 Å². The molecule has 2 atom stereocenters. The van der Waals surface area contributed by atoms with E-state index in [9.17, 15) is 4.79 Å². The molecule has 0 aliphatic carbocycles. The molecule has 0 spiro atoms. The Morgan fingerprint density at radius 1 is 1.83 bits per heavy atom. The second-order valence-corrected chi connectivity index (χ2v) is 4.39. The molecule has 1 N–H and O–H groups in total. The maximum Gasteiger partial charge on any atom is 0.307 e. The van der Waals surface area contributed by atoms with E-state index in [2.05, 4.69) is 0 Å². The van der Waals surface area contributed by atoms with Gasteiger partial charge in [-0.25, -0.2) is 0 Å². The van der Waals surface area contributed by atoms with E-state index in [4.69, 9.17) is 9.84 Å². The molecule has 4 heteroatoms. The van der Waals surface area contributed by atoms with Crippen LogP contribution in [0.5, 0.6) is 0 Å². The van der Waals surface area contributed by atoms with E-state index < -0.39 is 5.97 Å². The van der Waals surface area contributed by atoms with Crippen molar-refractivity contribution >= 4 is 17.7 Å². The highest BCUT2D eigenvalue weighted by atomic mass is 32.2. The fourth-order valence-corrected chi connectivity index (χ4v) is 2.15. The minimum Gasteiger partial charge on any atom is -0.481 e. The molecule has 1 heterocycles. The van der Waals surface area contributed by atoms with Crippen molar-refractivity contribution in [3.05, 3.63) is 0 Å². The second-order valence-electron chi connectivity index (χ2n) is 3.06. The van der Waals surface area contributed by atoms with Crippen LogP contribution in [0.1, 0.15) is 13.3 Å². The lowest BCUT2D eigenvalue weighted by Gasteiger charge is -2.09. The van der Waals surface area contributed by atoms with Crippen molar-refractivity contribution in [2.45, 2.75) is 18.6 Å². The molecule has 1 saturated heterocycles. The van der Waals surface area contributed by atoms with Gasteiger partial charge in [-0.1, -0.05) is 6.92 Å². The molecule has 3 nitrogen and oxygen atoms in total. The van der Waals surface area contributed by atoms with Gasteiger partial charge in [-0.2, -0.15) is 11.8 Å². The molecule has 0 amide bonds. The lowest BCUT2D eigenvalue weighted by molar-refractivity contribution is -0.140. The van der Waals surface area contributed by atoms with Gasteiger partial charge < -0.3 is 9.84 Å². The number of aliphatic carboxylic acids is 1. The maximum atomic E-state index is 10.5. The molecule has 1 fully saturated rings. The SMILES string of the molecule is CC(CSC1CCOC1)C(=O)O. The van der Waals surface area contributed by atoms with Crippen molar-refractivity contribution in [3.8, 4) is 0 Å². The monoisotopic (exact) mass is 190 g/mol. The Kier molecular flexibility index (Phi) is 3.88. The van der Waals surface area contributed by atoms with E-state index >= 15 is 0 Å². The molecule has 12 heavy (non-hydrogen) atoms. The Morgan fingerprint density at radius 2 is 2.58 bits per heavy atom. The smallest absolute Gasteiger partial charge is 0.307 e. The zero-order chi connectivity index (χ0) is 8.97. The number of hydrogen-bond acceptors (Lipinski definition) is 3. The number of ether oxygens (including phenoxy) is 1. The lowest BCUT2D eigenvalue weighted by Crippen LogP contribution is -2.14. The van der Waals surface area contributed by atoms with E-state index in [1.54, 1.807) is 18.7 Å². The summed E-state index contributed by atoms with van der Waals surface area (Å²) in [6.45, 7) is 3.36. The Morgan fingerprint density at radius 3 is 3.08 bits per heavy atom. The highest BCUT2D eigenvalue weighted by Gasteiger charge is 2.19. The van der Waals surface area contributed by atoms with Gasteiger partial charge in [0.05, 0.1) is 12.5 Å². The normalized spacial score (nSPS) is 25.6. The van der Waals surface area contributed by atoms with E-state index in [0.29, 0.717) is 11.0 Å². The Balaban J connectivity index is 2.11. The van der Waals surface area contributed by atoms with E-state index in [1.165, 1.54) is 0 Å². The number of carbonyl (C=O) groups is 1. The average molecular weight is 190 g/mol. The molecule has 2 unspecified atom stereocenters. The van der Waals surface area contributed by atoms with Gasteiger partial charge in [0.25, 0.3) is 0 Å². The molecule has 0 aromatic rings. The molecule has 0 aromatic carbocycles. The van der Waals surface area contributed by atoms with Crippen LogP contribution in [0.15, 0.2) is 0 Å². The number of rotatable bonds is 4. The van der Waals surface area contributed by atoms with Gasteiger partial charge in [0.1, 0.15) is 0 Å². The summed E-state index contributed by atoms with van der Waals surface area (Å²) in [5, 5.41) is 9.13. The molecular weight excluding hydrogens is 176 g/mol. The van der Waals surface area contributed by atoms with Crippen molar-refractivity contribution < 1.29 is 14.6 Å². The summed E-state index contributed by atoms with van der Waals surface area (Å²) in [6, 6.07) is 0. The number of carboxylic acid groups (broad SMARTS) is 1. The Bertz CT molecular complexity index is 154. The Hall–Kier alpha value is -0.220. The zero-order valence-electron chi connectivity index (χ0n) is 7.16. The average Bonchev–Trinajstić information content (AvgIpc) is 2.51. The summed E-state index contributed by atoms with van der Waals surface area (Å²) < 4.78 is 5.18. The first-order valence-corrected chi connectivity index (χ1v) is 5.17. The quantitative estimate of drug-likeness (QED) is 0.724. The van der Waals surface area contributed by atoms with Gasteiger partial charge in [0.15, 0.2) is 0 Å². The molecule has 70 valence electrons. The minimum absolute atomic E-state index is 0.240. The molecule has 1 aliphatic rings. The van der Waals surface area contributed by atoms with E-state index in [1.807, 2.05) is 0 Å². The van der Waals surface area contributed by atoms with Crippen molar-refractivity contribution in [2.24, 2.45) is 5.92 Å². The Labute approximate surface area is 76.5 Å². The third kappa shape index (κ3) is 3.03. The van der Waals surface area contributed by atoms with Crippen molar-refractivity contribution in [2.75, 3.05) is 19.0 Å². The molecular formula is C8H14O3S. The summed E-state index contributed by atoms with van der Waals surface area (Å²) >= 11 is 1.71. The van der Waals surface area contributed by atoms with Crippen LogP contribution in [0.4, 0.5) is 0 Å². The lowest BCUT2D eigenvalue weighted by atomic mass is 10.2. The van der Waals surface area contributed by atoms with Gasteiger partial charge in [0, 0.05) is 17.6 Å². The fraction of sp³-hybridized carbons (Fsp3) is 0.875. The first-order valence-electron chi connectivity index (χ1n) is 4.12. The van der Waals surface area contributed by atoms with Crippen LogP contribution in [-0.2, 0) is 9.53 Å². The third-order valence-electron chi connectivity index (χ3n) is 1.89. The second kappa shape index (κ2) is 4.72. The van der Waals surface area contributed by atoms with Crippen LogP contribution < -0.4 is 0 Å².